The highest BCUT2D eigenvalue weighted by atomic mass is 79.9. The Morgan fingerprint density at radius 3 is 2.75 bits per heavy atom. The van der Waals surface area contributed by atoms with Crippen molar-refractivity contribution in [2.24, 2.45) is 0 Å². The number of hydrogen-bond acceptors (Lipinski definition) is 3. The van der Waals surface area contributed by atoms with Crippen molar-refractivity contribution in [3.05, 3.63) is 28.2 Å². The molecule has 6 nitrogen and oxygen atoms in total. The van der Waals surface area contributed by atoms with E-state index in [4.69, 9.17) is 10.4 Å². The van der Waals surface area contributed by atoms with E-state index in [0.29, 0.717) is 18.5 Å². The molecule has 0 radical (unpaired) electrons. The van der Waals surface area contributed by atoms with Crippen LogP contribution in [0.5, 0.6) is 0 Å². The van der Waals surface area contributed by atoms with Crippen LogP contribution in [0.2, 0.25) is 0 Å². The molecule has 1 aromatic carbocycles. The molecule has 0 bridgehead atoms. The van der Waals surface area contributed by atoms with Crippen LogP contribution in [0.4, 0.5) is 10.5 Å². The number of anilines is 1. The zero-order valence-corrected chi connectivity index (χ0v) is 12.4. The molecule has 2 amide bonds. The fraction of sp³-hybridized carbons (Fsp3) is 0.308. The summed E-state index contributed by atoms with van der Waals surface area (Å²) in [6.45, 7) is 1.83. The summed E-state index contributed by atoms with van der Waals surface area (Å²) in [7, 11) is 0. The average molecular weight is 340 g/mol. The Morgan fingerprint density at radius 2 is 2.20 bits per heavy atom. The van der Waals surface area contributed by atoms with Crippen molar-refractivity contribution < 1.29 is 14.7 Å². The third-order valence-corrected chi connectivity index (χ3v) is 3.02. The van der Waals surface area contributed by atoms with Crippen LogP contribution < -0.4 is 10.6 Å². The predicted octanol–water partition coefficient (Wildman–Crippen LogP) is 2.70. The van der Waals surface area contributed by atoms with E-state index in [2.05, 4.69) is 26.6 Å². The molecule has 20 heavy (non-hydrogen) atoms. The van der Waals surface area contributed by atoms with Crippen LogP contribution >= 0.6 is 15.9 Å². The molecule has 0 aromatic heterocycles. The maximum Gasteiger partial charge on any atom is 0.326 e. The summed E-state index contributed by atoms with van der Waals surface area (Å²) in [6.07, 6.45) is 0.979. The summed E-state index contributed by atoms with van der Waals surface area (Å²) in [5.74, 6) is -1.08. The van der Waals surface area contributed by atoms with Gasteiger partial charge in [0.15, 0.2) is 0 Å². The third kappa shape index (κ3) is 4.55. The number of amides is 2. The molecular weight excluding hydrogens is 326 g/mol. The van der Waals surface area contributed by atoms with Gasteiger partial charge in [-0.05, 0) is 24.6 Å². The number of urea groups is 1. The molecule has 0 saturated heterocycles. The quantitative estimate of drug-likeness (QED) is 0.767. The molecule has 1 rings (SSSR count). The molecule has 7 heteroatoms. The number of nitriles is 1. The summed E-state index contributed by atoms with van der Waals surface area (Å²) in [5.41, 5.74) is 0.616. The van der Waals surface area contributed by atoms with E-state index in [0.717, 1.165) is 4.47 Å². The minimum absolute atomic E-state index is 0.289. The number of carboxylic acids is 1. The summed E-state index contributed by atoms with van der Waals surface area (Å²) < 4.78 is 0.717. The summed E-state index contributed by atoms with van der Waals surface area (Å²) in [4.78, 5) is 22.7. The van der Waals surface area contributed by atoms with E-state index >= 15 is 0 Å². The minimum atomic E-state index is -1.08. The number of nitrogens with one attached hydrogen (secondary N) is 2. The number of carbonyl (C=O) groups excluding carboxylic acids is 1. The molecule has 1 atom stereocenters. The van der Waals surface area contributed by atoms with Crippen molar-refractivity contribution in [1.82, 2.24) is 5.32 Å². The lowest BCUT2D eigenvalue weighted by atomic mass is 10.1. The lowest BCUT2D eigenvalue weighted by Crippen LogP contribution is -2.42. The van der Waals surface area contributed by atoms with Crippen LogP contribution in [0, 0.1) is 11.3 Å². The summed E-state index contributed by atoms with van der Waals surface area (Å²) >= 11 is 3.23. The van der Waals surface area contributed by atoms with Crippen LogP contribution in [0.25, 0.3) is 0 Å². The van der Waals surface area contributed by atoms with E-state index in [-0.39, 0.29) is 5.56 Å². The van der Waals surface area contributed by atoms with Gasteiger partial charge in [0.25, 0.3) is 0 Å². The van der Waals surface area contributed by atoms with Gasteiger partial charge in [0.05, 0.1) is 11.3 Å². The first-order valence-electron chi connectivity index (χ1n) is 5.98. The highest BCUT2D eigenvalue weighted by molar-refractivity contribution is 9.10. The lowest BCUT2D eigenvalue weighted by Gasteiger charge is -2.14. The monoisotopic (exact) mass is 339 g/mol. The SMILES string of the molecule is CCC[C@H](NC(=O)Nc1ccc(Br)cc1C#N)C(=O)O. The van der Waals surface area contributed by atoms with Gasteiger partial charge in [-0.15, -0.1) is 0 Å². The fourth-order valence-electron chi connectivity index (χ4n) is 1.58. The van der Waals surface area contributed by atoms with Crippen LogP contribution in [0.3, 0.4) is 0 Å². The summed E-state index contributed by atoms with van der Waals surface area (Å²) in [5, 5.41) is 22.8. The molecule has 0 saturated carbocycles. The number of nitrogens with zero attached hydrogens (tertiary/aromatic N) is 1. The molecule has 0 spiro atoms. The van der Waals surface area contributed by atoms with Gasteiger partial charge < -0.3 is 15.7 Å². The highest BCUT2D eigenvalue weighted by Crippen LogP contribution is 2.20. The molecule has 0 fully saturated rings. The van der Waals surface area contributed by atoms with Crippen molar-refractivity contribution in [1.29, 1.82) is 5.26 Å². The molecule has 3 N–H and O–H groups in total. The van der Waals surface area contributed by atoms with E-state index in [1.54, 1.807) is 18.2 Å². The second kappa shape index (κ2) is 7.50. The first-order chi connectivity index (χ1) is 9.47. The molecule has 106 valence electrons. The Kier molecular flexibility index (Phi) is 6.00. The first-order valence-corrected chi connectivity index (χ1v) is 6.77. The second-order valence-corrected chi connectivity index (χ2v) is 5.00. The van der Waals surface area contributed by atoms with Gasteiger partial charge >= 0.3 is 12.0 Å². The minimum Gasteiger partial charge on any atom is -0.480 e. The zero-order valence-electron chi connectivity index (χ0n) is 10.8. The van der Waals surface area contributed by atoms with Gasteiger partial charge in [0, 0.05) is 4.47 Å². The van der Waals surface area contributed by atoms with Crippen molar-refractivity contribution >= 4 is 33.6 Å². The van der Waals surface area contributed by atoms with Gasteiger partial charge in [-0.2, -0.15) is 5.26 Å². The topological polar surface area (TPSA) is 102 Å². The number of carbonyl (C=O) groups is 2. The standard InChI is InChI=1S/C13H14BrN3O3/c1-2-3-11(12(18)19)17-13(20)16-10-5-4-9(14)6-8(10)7-15/h4-6,11H,2-3H2,1H3,(H,18,19)(H2,16,17,20)/t11-/m0/s1. The normalized spacial score (nSPS) is 11.2. The molecule has 0 aliphatic carbocycles. The van der Waals surface area contributed by atoms with Crippen LogP contribution in [0.15, 0.2) is 22.7 Å². The van der Waals surface area contributed by atoms with Gasteiger partial charge in [0.1, 0.15) is 12.1 Å². The molecule has 0 heterocycles. The van der Waals surface area contributed by atoms with Crippen molar-refractivity contribution in [3.8, 4) is 6.07 Å². The number of carboxylic acid groups (broad SMARTS) is 1. The predicted molar refractivity (Wildman–Crippen MR) is 77.3 cm³/mol. The zero-order chi connectivity index (χ0) is 15.1. The number of rotatable bonds is 5. The maximum absolute atomic E-state index is 11.7. The van der Waals surface area contributed by atoms with Crippen molar-refractivity contribution in [2.75, 3.05) is 5.32 Å². The van der Waals surface area contributed by atoms with Crippen molar-refractivity contribution in [3.63, 3.8) is 0 Å². The van der Waals surface area contributed by atoms with Crippen molar-refractivity contribution in [2.45, 2.75) is 25.8 Å². The van der Waals surface area contributed by atoms with E-state index in [1.165, 1.54) is 0 Å². The molecule has 0 aliphatic heterocycles. The first kappa shape index (κ1) is 16.0. The fourth-order valence-corrected chi connectivity index (χ4v) is 1.94. The number of benzene rings is 1. The van der Waals surface area contributed by atoms with Gasteiger partial charge in [0.2, 0.25) is 0 Å². The third-order valence-electron chi connectivity index (χ3n) is 2.53. The van der Waals surface area contributed by atoms with Crippen LogP contribution in [0.1, 0.15) is 25.3 Å². The highest BCUT2D eigenvalue weighted by Gasteiger charge is 2.19. The number of aliphatic carboxylic acids is 1. The smallest absolute Gasteiger partial charge is 0.326 e. The molecule has 0 aliphatic rings. The van der Waals surface area contributed by atoms with Gasteiger partial charge in [-0.1, -0.05) is 29.3 Å². The largest absolute Gasteiger partial charge is 0.480 e. The molecule has 0 unspecified atom stereocenters. The van der Waals surface area contributed by atoms with Gasteiger partial charge in [-0.25, -0.2) is 9.59 Å². The molecular formula is C13H14BrN3O3. The Bertz CT molecular complexity index is 554. The number of halogens is 1. The second-order valence-electron chi connectivity index (χ2n) is 4.08. The van der Waals surface area contributed by atoms with Crippen LogP contribution in [-0.4, -0.2) is 23.1 Å². The maximum atomic E-state index is 11.7. The van der Waals surface area contributed by atoms with E-state index in [1.807, 2.05) is 13.0 Å². The Balaban J connectivity index is 2.76. The lowest BCUT2D eigenvalue weighted by molar-refractivity contribution is -0.139. The average Bonchev–Trinajstić information content (AvgIpc) is 2.40. The Hall–Kier alpha value is -2.07. The van der Waals surface area contributed by atoms with Gasteiger partial charge in [-0.3, -0.25) is 0 Å². The van der Waals surface area contributed by atoms with E-state index in [9.17, 15) is 9.59 Å². The van der Waals surface area contributed by atoms with E-state index < -0.39 is 18.0 Å². The number of hydrogen-bond donors (Lipinski definition) is 3. The summed E-state index contributed by atoms with van der Waals surface area (Å²) in [6, 6.07) is 5.17. The molecule has 1 aromatic rings. The Labute approximate surface area is 124 Å². The van der Waals surface area contributed by atoms with Crippen LogP contribution in [-0.2, 0) is 4.79 Å². The Morgan fingerprint density at radius 1 is 1.50 bits per heavy atom.